The molecule has 0 heterocycles. The Balaban J connectivity index is 4.46. The maximum absolute atomic E-state index is 12.9. The summed E-state index contributed by atoms with van der Waals surface area (Å²) in [6, 6.07) is -1.47. The van der Waals surface area contributed by atoms with Crippen LogP contribution in [0.4, 0.5) is 0 Å². The number of carbonyl (C=O) groups is 3. The van der Waals surface area contributed by atoms with Crippen LogP contribution in [0.3, 0.4) is 0 Å². The van der Waals surface area contributed by atoms with Crippen molar-refractivity contribution in [1.82, 2.24) is 16.0 Å². The van der Waals surface area contributed by atoms with Gasteiger partial charge in [0, 0.05) is 38.6 Å². The van der Waals surface area contributed by atoms with Gasteiger partial charge in [-0.3, -0.25) is 29.4 Å². The summed E-state index contributed by atoms with van der Waals surface area (Å²) in [5, 5.41) is 8.55. The highest BCUT2D eigenvalue weighted by Crippen LogP contribution is 2.05. The molecular weight excluding hydrogens is 518 g/mol. The van der Waals surface area contributed by atoms with Crippen molar-refractivity contribution < 1.29 is 14.4 Å². The fourth-order valence-electron chi connectivity index (χ4n) is 3.64. The predicted molar refractivity (Wildman–Crippen MR) is 159 cm³/mol. The summed E-state index contributed by atoms with van der Waals surface area (Å²) >= 11 is 0. The van der Waals surface area contributed by atoms with Crippen LogP contribution in [0.15, 0.2) is 15.0 Å². The highest BCUT2D eigenvalue weighted by atomic mass is 16.2. The van der Waals surface area contributed by atoms with Gasteiger partial charge in [-0.15, -0.1) is 0 Å². The lowest BCUT2D eigenvalue weighted by Gasteiger charge is -2.21. The third-order valence-corrected chi connectivity index (χ3v) is 5.76. The molecule has 3 atom stereocenters. The Kier molecular flexibility index (Phi) is 19.9. The average Bonchev–Trinajstić information content (AvgIpc) is 2.87. The summed E-state index contributed by atoms with van der Waals surface area (Å²) in [5.41, 5.74) is 37.8. The molecule has 16 nitrogen and oxygen atoms in total. The molecule has 3 amide bonds. The Hall–Kier alpha value is -3.82. The minimum absolute atomic E-state index is 0.00948. The lowest BCUT2D eigenvalue weighted by atomic mass is 10.1. The molecule has 0 spiro atoms. The Morgan fingerprint density at radius 1 is 0.650 bits per heavy atom. The quantitative estimate of drug-likeness (QED) is 0.0361. The molecule has 0 bridgehead atoms. The zero-order chi connectivity index (χ0) is 30.3. The van der Waals surface area contributed by atoms with E-state index in [1.165, 1.54) is 0 Å². The van der Waals surface area contributed by atoms with Gasteiger partial charge < -0.3 is 56.1 Å². The molecule has 0 aromatic heterocycles. The smallest absolute Gasteiger partial charge is 0.242 e. The van der Waals surface area contributed by atoms with Crippen LogP contribution in [-0.4, -0.2) is 79.9 Å². The van der Waals surface area contributed by atoms with E-state index in [-0.39, 0.29) is 48.1 Å². The van der Waals surface area contributed by atoms with Crippen molar-refractivity contribution in [2.75, 3.05) is 26.2 Å². The Morgan fingerprint density at radius 2 is 1.18 bits per heavy atom. The fourth-order valence-corrected chi connectivity index (χ4v) is 3.64. The number of nitrogens with one attached hydrogen (secondary N) is 3. The first-order valence-corrected chi connectivity index (χ1v) is 13.7. The molecule has 17 N–H and O–H groups in total. The SMILES string of the molecule is CC(CCCN=C(N)N)NC(=O)C(CCCN=C(N)N)NC(=O)CCCCCNC(=O)C(N)CCCN=C(N)N. The van der Waals surface area contributed by atoms with Gasteiger partial charge in [-0.25, -0.2) is 0 Å². The fraction of sp³-hybridized carbons (Fsp3) is 0.750. The number of unbranched alkanes of at least 4 members (excludes halogenated alkanes) is 2. The van der Waals surface area contributed by atoms with Crippen molar-refractivity contribution in [3.8, 4) is 0 Å². The number of rotatable bonds is 22. The molecule has 16 heteroatoms. The van der Waals surface area contributed by atoms with Gasteiger partial charge in [-0.1, -0.05) is 6.42 Å². The van der Waals surface area contributed by atoms with E-state index in [0.717, 1.165) is 6.42 Å². The van der Waals surface area contributed by atoms with Gasteiger partial charge in [0.25, 0.3) is 0 Å². The van der Waals surface area contributed by atoms with Crippen LogP contribution in [0.2, 0.25) is 0 Å². The van der Waals surface area contributed by atoms with Crippen molar-refractivity contribution in [3.63, 3.8) is 0 Å². The Morgan fingerprint density at radius 3 is 1.73 bits per heavy atom. The number of hydrogen-bond donors (Lipinski definition) is 10. The van der Waals surface area contributed by atoms with Crippen LogP contribution in [0.25, 0.3) is 0 Å². The molecule has 0 radical (unpaired) electrons. The van der Waals surface area contributed by atoms with Gasteiger partial charge in [0.15, 0.2) is 17.9 Å². The van der Waals surface area contributed by atoms with Gasteiger partial charge in [-0.2, -0.15) is 0 Å². The van der Waals surface area contributed by atoms with Crippen molar-refractivity contribution >= 4 is 35.6 Å². The van der Waals surface area contributed by atoms with E-state index in [1.54, 1.807) is 0 Å². The molecule has 0 aliphatic heterocycles. The molecule has 0 aromatic carbocycles. The van der Waals surface area contributed by atoms with Crippen molar-refractivity contribution in [2.45, 2.75) is 89.3 Å². The number of aliphatic imine (C=N–C) groups is 3. The second kappa shape index (κ2) is 22.0. The van der Waals surface area contributed by atoms with Gasteiger partial charge in [0.05, 0.1) is 6.04 Å². The highest BCUT2D eigenvalue weighted by molar-refractivity contribution is 5.87. The Labute approximate surface area is 236 Å². The van der Waals surface area contributed by atoms with Crippen LogP contribution in [0, 0.1) is 0 Å². The molecule has 0 fully saturated rings. The van der Waals surface area contributed by atoms with Crippen LogP contribution in [-0.2, 0) is 14.4 Å². The lowest BCUT2D eigenvalue weighted by Crippen LogP contribution is -2.49. The van der Waals surface area contributed by atoms with E-state index in [0.29, 0.717) is 77.5 Å². The summed E-state index contributed by atoms with van der Waals surface area (Å²) < 4.78 is 0. The summed E-state index contributed by atoms with van der Waals surface area (Å²) in [4.78, 5) is 49.2. The van der Waals surface area contributed by atoms with Gasteiger partial charge in [0.1, 0.15) is 6.04 Å². The van der Waals surface area contributed by atoms with E-state index in [9.17, 15) is 14.4 Å². The van der Waals surface area contributed by atoms with E-state index in [4.69, 9.17) is 40.1 Å². The maximum atomic E-state index is 12.9. The first-order valence-electron chi connectivity index (χ1n) is 13.7. The van der Waals surface area contributed by atoms with Crippen LogP contribution >= 0.6 is 0 Å². The van der Waals surface area contributed by atoms with Gasteiger partial charge >= 0.3 is 0 Å². The van der Waals surface area contributed by atoms with Crippen molar-refractivity contribution in [3.05, 3.63) is 0 Å². The lowest BCUT2D eigenvalue weighted by molar-refractivity contribution is -0.129. The second-order valence-electron chi connectivity index (χ2n) is 9.58. The molecule has 0 rings (SSSR count). The molecule has 40 heavy (non-hydrogen) atoms. The molecule has 0 saturated carbocycles. The topological polar surface area (TPSA) is 307 Å². The van der Waals surface area contributed by atoms with E-state index in [1.807, 2.05) is 6.92 Å². The number of nitrogens with two attached hydrogens (primary N) is 7. The second-order valence-corrected chi connectivity index (χ2v) is 9.58. The molecule has 0 saturated heterocycles. The largest absolute Gasteiger partial charge is 0.370 e. The third kappa shape index (κ3) is 21.2. The summed E-state index contributed by atoms with van der Waals surface area (Å²) in [6.07, 6.45) is 5.64. The Bertz CT molecular complexity index is 836. The maximum Gasteiger partial charge on any atom is 0.242 e. The first kappa shape index (κ1) is 36.2. The molecule has 0 aliphatic rings. The summed E-state index contributed by atoms with van der Waals surface area (Å²) in [5.74, 6) is -0.723. The van der Waals surface area contributed by atoms with Gasteiger partial charge in [0.2, 0.25) is 17.7 Å². The number of hydrogen-bond acceptors (Lipinski definition) is 7. The van der Waals surface area contributed by atoms with E-state index in [2.05, 4.69) is 30.9 Å². The molecule has 3 unspecified atom stereocenters. The zero-order valence-corrected chi connectivity index (χ0v) is 23.7. The van der Waals surface area contributed by atoms with Crippen LogP contribution in [0.5, 0.6) is 0 Å². The molecule has 230 valence electrons. The summed E-state index contributed by atoms with van der Waals surface area (Å²) in [7, 11) is 0. The monoisotopic (exact) mass is 569 g/mol. The van der Waals surface area contributed by atoms with Crippen LogP contribution < -0.4 is 56.1 Å². The minimum atomic E-state index is -0.713. The standard InChI is InChI=1S/C24H51N13O3/c1-16(8-5-13-33-22(26)27)36-21(40)18(10-7-15-35-24(30)31)37-19(38)11-3-2-4-12-32-20(39)17(25)9-6-14-34-23(28)29/h16-18H,2-15,25H2,1H3,(H,32,39)(H,36,40)(H,37,38)(H4,26,27,33)(H4,28,29,34)(H4,30,31,35). The van der Waals surface area contributed by atoms with Crippen LogP contribution in [0.1, 0.15) is 71.1 Å². The molecule has 0 aromatic rings. The predicted octanol–water partition coefficient (Wildman–Crippen LogP) is -2.86. The molecule has 0 aliphatic carbocycles. The average molecular weight is 570 g/mol. The number of guanidine groups is 3. The highest BCUT2D eigenvalue weighted by Gasteiger charge is 2.21. The van der Waals surface area contributed by atoms with E-state index >= 15 is 0 Å². The zero-order valence-electron chi connectivity index (χ0n) is 23.7. The minimum Gasteiger partial charge on any atom is -0.370 e. The number of carbonyl (C=O) groups excluding carboxylic acids is 3. The normalized spacial score (nSPS) is 12.8. The number of amides is 3. The number of nitrogens with zero attached hydrogens (tertiary/aromatic N) is 3. The van der Waals surface area contributed by atoms with Crippen molar-refractivity contribution in [1.29, 1.82) is 0 Å². The van der Waals surface area contributed by atoms with Crippen molar-refractivity contribution in [2.24, 2.45) is 55.1 Å². The molecular formula is C24H51N13O3. The third-order valence-electron chi connectivity index (χ3n) is 5.76. The van der Waals surface area contributed by atoms with E-state index < -0.39 is 12.1 Å². The first-order chi connectivity index (χ1) is 18.9. The van der Waals surface area contributed by atoms with Gasteiger partial charge in [-0.05, 0) is 58.3 Å². The summed E-state index contributed by atoms with van der Waals surface area (Å²) in [6.45, 7) is 3.58.